The molecular weight excluding hydrogens is 170 g/mol. The highest BCUT2D eigenvalue weighted by Crippen LogP contribution is 2.59. The zero-order valence-electron chi connectivity index (χ0n) is 7.77. The van der Waals surface area contributed by atoms with Crippen LogP contribution in [-0.4, -0.2) is 0 Å². The lowest BCUT2D eigenvalue weighted by Gasteiger charge is -2.04. The van der Waals surface area contributed by atoms with Crippen LogP contribution in [0.5, 0.6) is 0 Å². The van der Waals surface area contributed by atoms with Crippen molar-refractivity contribution in [2.75, 3.05) is 0 Å². The topological polar surface area (TPSA) is 0 Å². The van der Waals surface area contributed by atoms with Crippen molar-refractivity contribution in [2.45, 2.75) is 26.2 Å². The highest BCUT2D eigenvalue weighted by atomic mass is 19.1. The van der Waals surface area contributed by atoms with E-state index in [1.807, 2.05) is 0 Å². The second kappa shape index (κ2) is 2.53. The Morgan fingerprint density at radius 2 is 1.92 bits per heavy atom. The summed E-state index contributed by atoms with van der Waals surface area (Å²) < 4.78 is 26.1. The number of halogens is 2. The molecule has 1 saturated carbocycles. The molecule has 70 valence electrons. The second-order valence-electron chi connectivity index (χ2n) is 4.41. The monoisotopic (exact) mass is 182 g/mol. The van der Waals surface area contributed by atoms with E-state index in [1.165, 1.54) is 12.1 Å². The van der Waals surface area contributed by atoms with Gasteiger partial charge < -0.3 is 0 Å². The summed E-state index contributed by atoms with van der Waals surface area (Å²) in [5.41, 5.74) is 0.680. The van der Waals surface area contributed by atoms with Gasteiger partial charge in [0.25, 0.3) is 0 Å². The van der Waals surface area contributed by atoms with Crippen LogP contribution in [-0.2, 0) is 0 Å². The van der Waals surface area contributed by atoms with Crippen molar-refractivity contribution in [3.63, 3.8) is 0 Å². The van der Waals surface area contributed by atoms with Crippen molar-refractivity contribution in [3.05, 3.63) is 35.4 Å². The van der Waals surface area contributed by atoms with E-state index >= 15 is 0 Å². The maximum Gasteiger partial charge on any atom is 0.126 e. The van der Waals surface area contributed by atoms with Gasteiger partial charge >= 0.3 is 0 Å². The van der Waals surface area contributed by atoms with E-state index in [4.69, 9.17) is 0 Å². The lowest BCUT2D eigenvalue weighted by atomic mass is 10.0. The fourth-order valence-electron chi connectivity index (χ4n) is 1.78. The molecule has 0 spiro atoms. The van der Waals surface area contributed by atoms with Crippen LogP contribution in [0.4, 0.5) is 8.78 Å². The van der Waals surface area contributed by atoms with Gasteiger partial charge in [-0.1, -0.05) is 13.8 Å². The third-order valence-corrected chi connectivity index (χ3v) is 2.85. The first-order valence-corrected chi connectivity index (χ1v) is 4.46. The smallest absolute Gasteiger partial charge is 0.126 e. The normalized spacial score (nSPS) is 24.5. The lowest BCUT2D eigenvalue weighted by molar-refractivity contribution is 0.562. The van der Waals surface area contributed by atoms with E-state index in [9.17, 15) is 8.78 Å². The number of rotatable bonds is 1. The maximum absolute atomic E-state index is 13.2. The summed E-state index contributed by atoms with van der Waals surface area (Å²) in [7, 11) is 0. The van der Waals surface area contributed by atoms with E-state index in [0.717, 1.165) is 12.5 Å². The van der Waals surface area contributed by atoms with Gasteiger partial charge in [0.2, 0.25) is 0 Å². The molecule has 0 radical (unpaired) electrons. The molecule has 1 atom stereocenters. The van der Waals surface area contributed by atoms with Crippen molar-refractivity contribution in [2.24, 2.45) is 5.41 Å². The molecule has 0 unspecified atom stereocenters. The molecule has 1 aliphatic rings. The zero-order chi connectivity index (χ0) is 9.64. The van der Waals surface area contributed by atoms with E-state index in [0.29, 0.717) is 5.56 Å². The summed E-state index contributed by atoms with van der Waals surface area (Å²) in [6, 6.07) is 3.68. The Morgan fingerprint density at radius 3 is 2.46 bits per heavy atom. The van der Waals surface area contributed by atoms with Crippen LogP contribution in [0, 0.1) is 17.0 Å². The zero-order valence-corrected chi connectivity index (χ0v) is 7.77. The van der Waals surface area contributed by atoms with Gasteiger partial charge in [-0.25, -0.2) is 8.78 Å². The Kier molecular flexibility index (Phi) is 1.69. The third kappa shape index (κ3) is 1.45. The summed E-state index contributed by atoms with van der Waals surface area (Å²) in [4.78, 5) is 0. The summed E-state index contributed by atoms with van der Waals surface area (Å²) in [6.07, 6.45) is 0.952. The molecule has 0 bridgehead atoms. The predicted molar refractivity (Wildman–Crippen MR) is 47.5 cm³/mol. The Morgan fingerprint density at radius 1 is 1.31 bits per heavy atom. The van der Waals surface area contributed by atoms with Gasteiger partial charge in [0.1, 0.15) is 11.6 Å². The number of benzene rings is 1. The molecule has 2 rings (SSSR count). The quantitative estimate of drug-likeness (QED) is 0.623. The van der Waals surface area contributed by atoms with Crippen LogP contribution in [0.25, 0.3) is 0 Å². The average Bonchev–Trinajstić information content (AvgIpc) is 2.65. The largest absolute Gasteiger partial charge is 0.207 e. The summed E-state index contributed by atoms with van der Waals surface area (Å²) >= 11 is 0. The van der Waals surface area contributed by atoms with Gasteiger partial charge in [0.05, 0.1) is 0 Å². The van der Waals surface area contributed by atoms with Crippen molar-refractivity contribution >= 4 is 0 Å². The van der Waals surface area contributed by atoms with Crippen molar-refractivity contribution in [1.29, 1.82) is 0 Å². The van der Waals surface area contributed by atoms with Crippen LogP contribution in [0.2, 0.25) is 0 Å². The SMILES string of the molecule is CC1(C)C[C@H]1c1cc(F)ccc1F. The van der Waals surface area contributed by atoms with Gasteiger partial charge in [0.15, 0.2) is 0 Å². The predicted octanol–water partition coefficient (Wildman–Crippen LogP) is 3.48. The molecule has 0 amide bonds. The molecule has 0 aromatic heterocycles. The van der Waals surface area contributed by atoms with Crippen LogP contribution < -0.4 is 0 Å². The third-order valence-electron chi connectivity index (χ3n) is 2.85. The highest BCUT2D eigenvalue weighted by molar-refractivity contribution is 5.30. The van der Waals surface area contributed by atoms with Gasteiger partial charge in [0, 0.05) is 0 Å². The molecule has 0 aliphatic heterocycles. The average molecular weight is 182 g/mol. The highest BCUT2D eigenvalue weighted by Gasteiger charge is 2.47. The Hall–Kier alpha value is -0.920. The lowest BCUT2D eigenvalue weighted by Crippen LogP contribution is -1.94. The molecule has 13 heavy (non-hydrogen) atoms. The van der Waals surface area contributed by atoms with E-state index in [2.05, 4.69) is 13.8 Å². The minimum atomic E-state index is -0.348. The molecule has 1 aromatic rings. The Balaban J connectivity index is 2.36. The molecule has 0 heterocycles. The molecule has 1 aromatic carbocycles. The van der Waals surface area contributed by atoms with Gasteiger partial charge in [-0.15, -0.1) is 0 Å². The first kappa shape index (κ1) is 8.67. The minimum Gasteiger partial charge on any atom is -0.207 e. The van der Waals surface area contributed by atoms with Gasteiger partial charge in [-0.05, 0) is 41.5 Å². The minimum absolute atomic E-state index is 0.147. The summed E-state index contributed by atoms with van der Waals surface area (Å²) in [5.74, 6) is -0.431. The molecule has 1 fully saturated rings. The van der Waals surface area contributed by atoms with Crippen LogP contribution in [0.15, 0.2) is 18.2 Å². The Labute approximate surface area is 76.6 Å². The second-order valence-corrected chi connectivity index (χ2v) is 4.41. The molecule has 0 saturated heterocycles. The standard InChI is InChI=1S/C11H12F2/c1-11(2)6-9(11)8-5-7(12)3-4-10(8)13/h3-5,9H,6H2,1-2H3/t9-/m0/s1. The van der Waals surface area contributed by atoms with Gasteiger partial charge in [-0.3, -0.25) is 0 Å². The van der Waals surface area contributed by atoms with Crippen LogP contribution in [0.1, 0.15) is 31.7 Å². The molecule has 0 N–H and O–H groups in total. The van der Waals surface area contributed by atoms with E-state index in [1.54, 1.807) is 0 Å². The molecule has 0 nitrogen and oxygen atoms in total. The van der Waals surface area contributed by atoms with E-state index in [-0.39, 0.29) is 23.0 Å². The molecule has 1 aliphatic carbocycles. The van der Waals surface area contributed by atoms with Crippen molar-refractivity contribution in [1.82, 2.24) is 0 Å². The first-order chi connectivity index (χ1) is 6.00. The summed E-state index contributed by atoms with van der Waals surface area (Å²) in [5, 5.41) is 0. The molecule has 2 heteroatoms. The summed E-state index contributed by atoms with van der Waals surface area (Å²) in [6.45, 7) is 4.14. The number of hydrogen-bond donors (Lipinski definition) is 0. The maximum atomic E-state index is 13.2. The fraction of sp³-hybridized carbons (Fsp3) is 0.455. The van der Waals surface area contributed by atoms with Crippen molar-refractivity contribution in [3.8, 4) is 0 Å². The van der Waals surface area contributed by atoms with Crippen LogP contribution >= 0.6 is 0 Å². The Bertz CT molecular complexity index is 342. The van der Waals surface area contributed by atoms with E-state index < -0.39 is 0 Å². The molecular formula is C11H12F2. The van der Waals surface area contributed by atoms with Crippen LogP contribution in [0.3, 0.4) is 0 Å². The van der Waals surface area contributed by atoms with Gasteiger partial charge in [-0.2, -0.15) is 0 Å². The number of hydrogen-bond acceptors (Lipinski definition) is 0. The van der Waals surface area contributed by atoms with Crippen molar-refractivity contribution < 1.29 is 8.78 Å². The first-order valence-electron chi connectivity index (χ1n) is 4.46. The fourth-order valence-corrected chi connectivity index (χ4v) is 1.78.